The van der Waals surface area contributed by atoms with Crippen LogP contribution in [0.3, 0.4) is 0 Å². The molecule has 0 saturated carbocycles. The van der Waals surface area contributed by atoms with Gasteiger partial charge in [0.25, 0.3) is 0 Å². The molecule has 284 valence electrons. The van der Waals surface area contributed by atoms with E-state index in [1.54, 1.807) is 0 Å². The number of pyridine rings is 1. The molecule has 0 fully saturated rings. The second-order valence-electron chi connectivity index (χ2n) is 16.1. The Labute approximate surface area is 357 Å². The minimum Gasteiger partial charge on any atom is -0.292 e. The molecule has 2 aromatic heterocycles. The van der Waals surface area contributed by atoms with Gasteiger partial charge in [0.1, 0.15) is 5.82 Å². The van der Waals surface area contributed by atoms with E-state index in [0.29, 0.717) is 0 Å². The van der Waals surface area contributed by atoms with Gasteiger partial charge >= 0.3 is 0 Å². The van der Waals surface area contributed by atoms with Gasteiger partial charge in [-0.2, -0.15) is 0 Å². The smallest absolute Gasteiger partial charge is 0.145 e. The Hall–Kier alpha value is -7.53. The molecule has 0 amide bonds. The molecule has 0 saturated heterocycles. The van der Waals surface area contributed by atoms with Gasteiger partial charge in [0, 0.05) is 37.4 Å². The van der Waals surface area contributed by atoms with Crippen molar-refractivity contribution in [1.29, 1.82) is 0 Å². The fourth-order valence-electron chi connectivity index (χ4n) is 10.2. The van der Waals surface area contributed by atoms with Crippen molar-refractivity contribution in [2.45, 2.75) is 15.2 Å². The number of aromatic nitrogens is 3. The van der Waals surface area contributed by atoms with Crippen LogP contribution in [0.2, 0.25) is 0 Å². The molecule has 1 aliphatic heterocycles. The van der Waals surface area contributed by atoms with Gasteiger partial charge in [-0.1, -0.05) is 169 Å². The zero-order valence-corrected chi connectivity index (χ0v) is 33.8. The number of para-hydroxylation sites is 3. The van der Waals surface area contributed by atoms with Crippen molar-refractivity contribution in [3.8, 4) is 50.6 Å². The lowest BCUT2D eigenvalue weighted by Gasteiger charge is -2.39. The van der Waals surface area contributed by atoms with Gasteiger partial charge in [-0.25, -0.2) is 9.97 Å². The van der Waals surface area contributed by atoms with E-state index in [0.717, 1.165) is 66.8 Å². The van der Waals surface area contributed by atoms with E-state index in [4.69, 9.17) is 9.97 Å². The molecule has 11 aromatic rings. The zero-order chi connectivity index (χ0) is 40.1. The Kier molecular flexibility index (Phi) is 7.45. The van der Waals surface area contributed by atoms with E-state index >= 15 is 0 Å². The number of rotatable bonds is 4. The first-order valence-electron chi connectivity index (χ1n) is 20.8. The highest BCUT2D eigenvalue weighted by atomic mass is 32.2. The van der Waals surface area contributed by atoms with Crippen LogP contribution in [0.15, 0.2) is 222 Å². The second-order valence-corrected chi connectivity index (χ2v) is 17.1. The first-order chi connectivity index (χ1) is 30.2. The molecular weight excluding hydrogens is 759 g/mol. The standard InChI is InChI=1S/C57H35N3S/c1-3-15-37(16-4-1)55-45-34-44-41-19-7-8-20-46(41)57(47-21-9-13-25-53(47)61-54-26-14-10-22-48(54)57)49(44)35-43(45)42-32-31-39(33-51(42)58-55)36-27-29-38(30-28-36)56-59-50-23-11-12-24-52(50)60(56)40-17-5-2-6-18-40/h1-35H. The van der Waals surface area contributed by atoms with Gasteiger partial charge in [-0.3, -0.25) is 4.57 Å². The molecule has 1 aliphatic carbocycles. The summed E-state index contributed by atoms with van der Waals surface area (Å²) in [4.78, 5) is 13.3. The Morgan fingerprint density at radius 3 is 1.77 bits per heavy atom. The highest BCUT2D eigenvalue weighted by Gasteiger charge is 2.50. The first-order valence-corrected chi connectivity index (χ1v) is 21.6. The molecule has 0 bridgehead atoms. The first kappa shape index (κ1) is 34.3. The third kappa shape index (κ3) is 5.00. The van der Waals surface area contributed by atoms with Crippen LogP contribution in [0.5, 0.6) is 0 Å². The van der Waals surface area contributed by atoms with Gasteiger partial charge in [0.15, 0.2) is 0 Å². The molecule has 0 atom stereocenters. The van der Waals surface area contributed by atoms with Crippen molar-refractivity contribution in [3.05, 3.63) is 235 Å². The fourth-order valence-corrected chi connectivity index (χ4v) is 11.4. The third-order valence-corrected chi connectivity index (χ3v) is 14.0. The van der Waals surface area contributed by atoms with Crippen molar-refractivity contribution in [2.75, 3.05) is 0 Å². The number of nitrogens with zero attached hydrogens (tertiary/aromatic N) is 3. The largest absolute Gasteiger partial charge is 0.292 e. The summed E-state index contributed by atoms with van der Waals surface area (Å²) in [6, 6.07) is 77.2. The summed E-state index contributed by atoms with van der Waals surface area (Å²) in [5.41, 5.74) is 17.0. The summed E-state index contributed by atoms with van der Waals surface area (Å²) in [6.07, 6.45) is 0. The molecule has 61 heavy (non-hydrogen) atoms. The van der Waals surface area contributed by atoms with Crippen LogP contribution < -0.4 is 0 Å². The van der Waals surface area contributed by atoms with Crippen molar-refractivity contribution < 1.29 is 0 Å². The lowest BCUT2D eigenvalue weighted by atomic mass is 9.67. The molecule has 13 rings (SSSR count). The van der Waals surface area contributed by atoms with Gasteiger partial charge in [-0.15, -0.1) is 0 Å². The normalized spacial score (nSPS) is 13.3. The molecule has 1 spiro atoms. The van der Waals surface area contributed by atoms with E-state index in [2.05, 4.69) is 217 Å². The topological polar surface area (TPSA) is 30.7 Å². The predicted octanol–water partition coefficient (Wildman–Crippen LogP) is 14.6. The van der Waals surface area contributed by atoms with E-state index < -0.39 is 5.41 Å². The van der Waals surface area contributed by atoms with Crippen molar-refractivity contribution in [2.24, 2.45) is 0 Å². The molecule has 2 aliphatic rings. The monoisotopic (exact) mass is 793 g/mol. The quantitative estimate of drug-likeness (QED) is 0.166. The van der Waals surface area contributed by atoms with Crippen LogP contribution >= 0.6 is 11.8 Å². The lowest BCUT2D eigenvalue weighted by molar-refractivity contribution is 0.723. The summed E-state index contributed by atoms with van der Waals surface area (Å²) < 4.78 is 2.25. The fraction of sp³-hybridized carbons (Fsp3) is 0.0175. The Balaban J connectivity index is 1.02. The molecule has 3 heterocycles. The second kappa shape index (κ2) is 13.2. The van der Waals surface area contributed by atoms with Crippen LogP contribution in [-0.2, 0) is 5.41 Å². The van der Waals surface area contributed by atoms with E-state index in [9.17, 15) is 0 Å². The van der Waals surface area contributed by atoms with Crippen LogP contribution in [0.1, 0.15) is 22.3 Å². The highest BCUT2D eigenvalue weighted by molar-refractivity contribution is 7.99. The Morgan fingerprint density at radius 2 is 1.00 bits per heavy atom. The molecule has 0 N–H and O–H groups in total. The number of fused-ring (bicyclic) bond motifs is 13. The van der Waals surface area contributed by atoms with E-state index in [1.165, 1.54) is 48.6 Å². The van der Waals surface area contributed by atoms with Crippen LogP contribution in [0, 0.1) is 0 Å². The minimum atomic E-state index is -0.455. The van der Waals surface area contributed by atoms with Crippen molar-refractivity contribution in [3.63, 3.8) is 0 Å². The van der Waals surface area contributed by atoms with Crippen LogP contribution in [0.4, 0.5) is 0 Å². The Morgan fingerprint density at radius 1 is 0.377 bits per heavy atom. The molecule has 3 nitrogen and oxygen atoms in total. The third-order valence-electron chi connectivity index (χ3n) is 12.9. The predicted molar refractivity (Wildman–Crippen MR) is 252 cm³/mol. The van der Waals surface area contributed by atoms with Gasteiger partial charge in [0.2, 0.25) is 0 Å². The Bertz CT molecular complexity index is 3510. The molecule has 0 unspecified atom stereocenters. The van der Waals surface area contributed by atoms with Crippen molar-refractivity contribution in [1.82, 2.24) is 14.5 Å². The minimum absolute atomic E-state index is 0.455. The van der Waals surface area contributed by atoms with E-state index in [-0.39, 0.29) is 0 Å². The zero-order valence-electron chi connectivity index (χ0n) is 33.0. The molecule has 4 heteroatoms. The number of hydrogen-bond donors (Lipinski definition) is 0. The SMILES string of the molecule is c1ccc(-c2nc3cc(-c4ccc(-c5nc6ccccc6n5-c5ccccc5)cc4)ccc3c3cc4c(cc23)-c2ccccc2C42c3ccccc3Sc3ccccc32)cc1. The average molecular weight is 794 g/mol. The molecule has 0 radical (unpaired) electrons. The van der Waals surface area contributed by atoms with Gasteiger partial charge in [0.05, 0.1) is 27.7 Å². The summed E-state index contributed by atoms with van der Waals surface area (Å²) in [5, 5.41) is 3.52. The number of imidazole rings is 1. The van der Waals surface area contributed by atoms with Crippen molar-refractivity contribution >= 4 is 44.5 Å². The highest BCUT2D eigenvalue weighted by Crippen LogP contribution is 2.63. The lowest BCUT2D eigenvalue weighted by Crippen LogP contribution is -2.31. The maximum absolute atomic E-state index is 5.54. The molecular formula is C57H35N3S. The van der Waals surface area contributed by atoms with Gasteiger partial charge in [-0.05, 0) is 104 Å². The van der Waals surface area contributed by atoms with Crippen LogP contribution in [0.25, 0.3) is 83.3 Å². The molecule has 9 aromatic carbocycles. The van der Waals surface area contributed by atoms with Gasteiger partial charge < -0.3 is 0 Å². The summed E-state index contributed by atoms with van der Waals surface area (Å²) >= 11 is 1.88. The maximum atomic E-state index is 5.54. The van der Waals surface area contributed by atoms with E-state index in [1.807, 2.05) is 11.8 Å². The number of hydrogen-bond acceptors (Lipinski definition) is 3. The summed E-state index contributed by atoms with van der Waals surface area (Å²) in [6.45, 7) is 0. The maximum Gasteiger partial charge on any atom is 0.145 e. The summed E-state index contributed by atoms with van der Waals surface area (Å²) in [7, 11) is 0. The average Bonchev–Trinajstić information content (AvgIpc) is 3.85. The number of benzene rings is 9. The summed E-state index contributed by atoms with van der Waals surface area (Å²) in [5.74, 6) is 0.923. The van der Waals surface area contributed by atoms with Crippen LogP contribution in [-0.4, -0.2) is 14.5 Å².